The number of hydrogen-bond acceptors (Lipinski definition) is 9. The number of phenols is 1. The lowest BCUT2D eigenvalue weighted by Gasteiger charge is -2.31. The summed E-state index contributed by atoms with van der Waals surface area (Å²) in [6.07, 6.45) is 0.285. The Kier molecular flexibility index (Phi) is 13.9. The van der Waals surface area contributed by atoms with Gasteiger partial charge < -0.3 is 40.4 Å². The number of phenolic OH excluding ortho intramolecular Hbond substituents is 1. The van der Waals surface area contributed by atoms with Gasteiger partial charge in [-0.15, -0.1) is 0 Å². The summed E-state index contributed by atoms with van der Waals surface area (Å²) in [5.41, 5.74) is 6.22. The molecule has 0 saturated carbocycles. The smallest absolute Gasteiger partial charge is 0.411 e. The largest absolute Gasteiger partial charge is 0.506 e. The molecule has 1 fully saturated rings. The highest BCUT2D eigenvalue weighted by Gasteiger charge is 2.24. The van der Waals surface area contributed by atoms with Crippen LogP contribution in [-0.4, -0.2) is 77.3 Å². The van der Waals surface area contributed by atoms with Crippen LogP contribution in [-0.2, 0) is 27.3 Å². The number of piperidine rings is 1. The topological polar surface area (TPSA) is 176 Å². The van der Waals surface area contributed by atoms with Crippen LogP contribution in [0.5, 0.6) is 5.75 Å². The number of nitrogens with one attached hydrogen (secondary N) is 4. The van der Waals surface area contributed by atoms with Crippen LogP contribution in [0.1, 0.15) is 42.1 Å². The van der Waals surface area contributed by atoms with Gasteiger partial charge in [-0.25, -0.2) is 4.79 Å². The quantitative estimate of drug-likeness (QED) is 0.0639. The molecule has 13 heteroatoms. The van der Waals surface area contributed by atoms with Crippen LogP contribution in [0.4, 0.5) is 21.9 Å². The average Bonchev–Trinajstić information content (AvgIpc) is 3.27. The Bertz CT molecular complexity index is 2520. The Morgan fingerprint density at radius 3 is 2.38 bits per heavy atom. The summed E-state index contributed by atoms with van der Waals surface area (Å²) in [4.78, 5) is 57.2. The molecule has 13 nitrogen and oxygen atoms in total. The lowest BCUT2D eigenvalue weighted by molar-refractivity contribution is -0.118. The molecule has 0 bridgehead atoms. The number of carbonyl (C=O) groups excluding carboxylic acids is 3. The van der Waals surface area contributed by atoms with Crippen LogP contribution < -0.4 is 26.4 Å². The molecule has 2 heterocycles. The molecule has 5 aromatic carbocycles. The molecule has 0 spiro atoms. The van der Waals surface area contributed by atoms with Crippen LogP contribution in [0.15, 0.2) is 132 Å². The van der Waals surface area contributed by atoms with E-state index in [1.807, 2.05) is 84.9 Å². The van der Waals surface area contributed by atoms with Gasteiger partial charge in [0, 0.05) is 74.6 Å². The monoisotopic (exact) mass is 822 g/mol. The van der Waals surface area contributed by atoms with E-state index in [1.165, 1.54) is 12.1 Å². The Morgan fingerprint density at radius 1 is 0.852 bits per heavy atom. The van der Waals surface area contributed by atoms with E-state index in [1.54, 1.807) is 42.3 Å². The van der Waals surface area contributed by atoms with Crippen molar-refractivity contribution in [1.82, 2.24) is 15.2 Å². The van der Waals surface area contributed by atoms with Crippen molar-refractivity contribution in [3.8, 4) is 16.9 Å². The summed E-state index contributed by atoms with van der Waals surface area (Å²) in [5, 5.41) is 30.6. The van der Waals surface area contributed by atoms with Crippen LogP contribution in [0.25, 0.3) is 22.0 Å². The van der Waals surface area contributed by atoms with Crippen molar-refractivity contribution in [3.63, 3.8) is 0 Å². The lowest BCUT2D eigenvalue weighted by Crippen LogP contribution is -2.40. The number of pyridine rings is 1. The van der Waals surface area contributed by atoms with E-state index in [4.69, 9.17) is 4.74 Å². The molecule has 3 amide bonds. The second-order valence-electron chi connectivity index (χ2n) is 15.2. The van der Waals surface area contributed by atoms with Crippen molar-refractivity contribution in [3.05, 3.63) is 154 Å². The van der Waals surface area contributed by atoms with E-state index in [0.717, 1.165) is 22.3 Å². The normalized spacial score (nSPS) is 13.7. The minimum atomic E-state index is -0.873. The number of ether oxygens (including phenoxy) is 1. The Balaban J connectivity index is 0.811. The lowest BCUT2D eigenvalue weighted by atomic mass is 10.0. The summed E-state index contributed by atoms with van der Waals surface area (Å²) < 4.78 is 5.77. The highest BCUT2D eigenvalue weighted by Crippen LogP contribution is 2.30. The van der Waals surface area contributed by atoms with Gasteiger partial charge in [0.05, 0.1) is 23.7 Å². The zero-order valence-electron chi connectivity index (χ0n) is 34.0. The molecule has 6 N–H and O–H groups in total. The maximum absolute atomic E-state index is 13.2. The van der Waals surface area contributed by atoms with Gasteiger partial charge >= 0.3 is 6.09 Å². The number of amides is 3. The van der Waals surface area contributed by atoms with E-state index in [-0.39, 0.29) is 47.7 Å². The number of rotatable bonds is 15. The first-order valence-corrected chi connectivity index (χ1v) is 20.4. The first-order valence-electron chi connectivity index (χ1n) is 20.4. The molecule has 1 saturated heterocycles. The fraction of sp³-hybridized carbons (Fsp3) is 0.250. The van der Waals surface area contributed by atoms with Gasteiger partial charge in [-0.2, -0.15) is 0 Å². The van der Waals surface area contributed by atoms with E-state index >= 15 is 0 Å². The molecule has 0 radical (unpaired) electrons. The van der Waals surface area contributed by atoms with Crippen molar-refractivity contribution in [2.75, 3.05) is 48.8 Å². The van der Waals surface area contributed by atoms with E-state index in [0.29, 0.717) is 73.5 Å². The highest BCUT2D eigenvalue weighted by molar-refractivity contribution is 5.96. The first-order chi connectivity index (χ1) is 29.6. The van der Waals surface area contributed by atoms with Crippen molar-refractivity contribution < 1.29 is 29.3 Å². The van der Waals surface area contributed by atoms with Crippen LogP contribution in [0.2, 0.25) is 0 Å². The molecule has 314 valence electrons. The van der Waals surface area contributed by atoms with Crippen molar-refractivity contribution in [2.24, 2.45) is 0 Å². The molecule has 0 aliphatic carbocycles. The Labute approximate surface area is 354 Å². The van der Waals surface area contributed by atoms with E-state index in [9.17, 15) is 29.4 Å². The second kappa shape index (κ2) is 20.0. The van der Waals surface area contributed by atoms with E-state index < -0.39 is 12.2 Å². The molecule has 61 heavy (non-hydrogen) atoms. The molecule has 0 unspecified atom stereocenters. The van der Waals surface area contributed by atoms with Gasteiger partial charge in [-0.05, 0) is 71.5 Å². The standard InChI is InChI=1S/C48H50N6O7/c1-53(46(59)24-27-54-25-22-37(23-26-54)61-48(60)51-41-13-6-5-12-38(41)34-8-3-2-4-9-34)36-11-7-10-35(29-36)50-45(58)28-32-14-16-33(17-15-32)30-49-31-43(56)39-18-20-42(55)47-40(39)19-21-44(57)52-47/h2-21,29,37,43,49,55-56H,22-28,30-31H2,1H3,(H,50,58)(H,51,60)(H,52,57)/t43-/m0/s1. The summed E-state index contributed by atoms with van der Waals surface area (Å²) in [6.45, 7) is 2.74. The summed E-state index contributed by atoms with van der Waals surface area (Å²) in [5.74, 6) is -0.299. The molecule has 1 aromatic heterocycles. The van der Waals surface area contributed by atoms with Gasteiger partial charge in [0.1, 0.15) is 11.9 Å². The number of H-pyrrole nitrogens is 1. The van der Waals surface area contributed by atoms with Gasteiger partial charge in [0.15, 0.2) is 0 Å². The SMILES string of the molecule is CN(C(=O)CCN1CCC(OC(=O)Nc2ccccc2-c2ccccc2)CC1)c1cccc(NC(=O)Cc2ccc(CNC[C@H](O)c3ccc(O)c4[nH]c(=O)ccc34)cc2)c1. The van der Waals surface area contributed by atoms with Crippen molar-refractivity contribution in [1.29, 1.82) is 0 Å². The molecule has 1 atom stereocenters. The number of aromatic hydroxyl groups is 1. The number of aromatic amines is 1. The van der Waals surface area contributed by atoms with Gasteiger partial charge in [-0.3, -0.25) is 19.7 Å². The molecular formula is C48H50N6O7. The van der Waals surface area contributed by atoms with Crippen molar-refractivity contribution >= 4 is 45.9 Å². The number of anilines is 3. The fourth-order valence-corrected chi connectivity index (χ4v) is 7.54. The van der Waals surface area contributed by atoms with Crippen LogP contribution in [0.3, 0.4) is 0 Å². The molecule has 7 rings (SSSR count). The summed E-state index contributed by atoms with van der Waals surface area (Å²) in [6, 6.07) is 38.4. The Hall–Kier alpha value is -6.80. The van der Waals surface area contributed by atoms with E-state index in [2.05, 4.69) is 25.8 Å². The zero-order chi connectivity index (χ0) is 42.7. The molecule has 1 aliphatic heterocycles. The minimum absolute atomic E-state index is 0.0474. The number of likely N-dealkylation sites (tertiary alicyclic amines) is 1. The Morgan fingerprint density at radius 2 is 1.59 bits per heavy atom. The second-order valence-corrected chi connectivity index (χ2v) is 15.2. The van der Waals surface area contributed by atoms with Crippen LogP contribution >= 0.6 is 0 Å². The summed E-state index contributed by atoms with van der Waals surface area (Å²) >= 11 is 0. The zero-order valence-corrected chi connectivity index (χ0v) is 34.0. The highest BCUT2D eigenvalue weighted by atomic mass is 16.6. The number of nitrogens with zero attached hydrogens (tertiary/aromatic N) is 2. The predicted octanol–water partition coefficient (Wildman–Crippen LogP) is 6.97. The molecule has 6 aromatic rings. The molecular weight excluding hydrogens is 773 g/mol. The third-order valence-electron chi connectivity index (χ3n) is 10.9. The number of hydrogen-bond donors (Lipinski definition) is 6. The number of fused-ring (bicyclic) bond motifs is 1. The fourth-order valence-electron chi connectivity index (χ4n) is 7.54. The first kappa shape index (κ1) is 42.3. The number of aliphatic hydroxyl groups excluding tert-OH is 1. The average molecular weight is 823 g/mol. The summed E-state index contributed by atoms with van der Waals surface area (Å²) in [7, 11) is 1.73. The number of aliphatic hydroxyl groups is 1. The number of benzene rings is 5. The maximum Gasteiger partial charge on any atom is 0.411 e. The third-order valence-corrected chi connectivity index (χ3v) is 10.9. The number of para-hydroxylation sites is 1. The maximum atomic E-state index is 13.2. The third kappa shape index (κ3) is 11.3. The number of carbonyl (C=O) groups is 3. The molecule has 1 aliphatic rings. The van der Waals surface area contributed by atoms with Gasteiger partial charge in [-0.1, -0.05) is 84.9 Å². The minimum Gasteiger partial charge on any atom is -0.506 e. The van der Waals surface area contributed by atoms with Crippen LogP contribution in [0, 0.1) is 0 Å². The van der Waals surface area contributed by atoms with Gasteiger partial charge in [0.2, 0.25) is 17.4 Å². The predicted molar refractivity (Wildman–Crippen MR) is 238 cm³/mol. The van der Waals surface area contributed by atoms with Gasteiger partial charge in [0.25, 0.3) is 0 Å². The number of aromatic nitrogens is 1. The van der Waals surface area contributed by atoms with Crippen molar-refractivity contribution in [2.45, 2.75) is 44.4 Å².